The molecule has 0 aromatic carbocycles. The van der Waals surface area contributed by atoms with Crippen LogP contribution in [0.5, 0.6) is 0 Å². The molecule has 0 aliphatic rings. The van der Waals surface area contributed by atoms with Crippen molar-refractivity contribution in [2.75, 3.05) is 26.7 Å². The van der Waals surface area contributed by atoms with E-state index in [0.29, 0.717) is 6.61 Å². The standard InChI is InChI=1S/C4H12N2.C3H8O/c1-6-4-2-3-5;1-2-3-4/h6H,2-5H2,1H3;4H,2-3H2,1H3. The van der Waals surface area contributed by atoms with Crippen molar-refractivity contribution in [3.05, 3.63) is 0 Å². The maximum atomic E-state index is 7.88. The molecule has 0 saturated heterocycles. The van der Waals surface area contributed by atoms with Gasteiger partial charge in [-0.1, -0.05) is 6.92 Å². The maximum absolute atomic E-state index is 7.88. The molecule has 0 aromatic rings. The van der Waals surface area contributed by atoms with Crippen LogP contribution in [-0.2, 0) is 0 Å². The molecule has 3 heteroatoms. The molecule has 0 unspecified atom stereocenters. The molecule has 0 aliphatic heterocycles. The Morgan fingerprint density at radius 3 is 2.10 bits per heavy atom. The van der Waals surface area contributed by atoms with Gasteiger partial charge in [0.05, 0.1) is 0 Å². The molecule has 0 fully saturated rings. The van der Waals surface area contributed by atoms with Gasteiger partial charge in [0, 0.05) is 6.61 Å². The molecule has 64 valence electrons. The highest BCUT2D eigenvalue weighted by Gasteiger charge is 1.73. The third-order valence-electron chi connectivity index (χ3n) is 0.855. The van der Waals surface area contributed by atoms with Crippen LogP contribution in [-0.4, -0.2) is 31.9 Å². The van der Waals surface area contributed by atoms with Gasteiger partial charge in [-0.3, -0.25) is 0 Å². The van der Waals surface area contributed by atoms with Gasteiger partial charge in [-0.05, 0) is 33.0 Å². The van der Waals surface area contributed by atoms with Crippen LogP contribution >= 0.6 is 0 Å². The van der Waals surface area contributed by atoms with Crippen molar-refractivity contribution in [2.24, 2.45) is 5.73 Å². The van der Waals surface area contributed by atoms with Gasteiger partial charge in [0.25, 0.3) is 0 Å². The molecule has 0 heterocycles. The highest BCUT2D eigenvalue weighted by atomic mass is 16.2. The Kier molecular flexibility index (Phi) is 20.0. The third kappa shape index (κ3) is 24.8. The van der Waals surface area contributed by atoms with Crippen LogP contribution in [0.15, 0.2) is 0 Å². The first kappa shape index (κ1) is 12.5. The fourth-order valence-corrected chi connectivity index (χ4v) is 0.279. The van der Waals surface area contributed by atoms with E-state index in [2.05, 4.69) is 5.32 Å². The van der Waals surface area contributed by atoms with E-state index in [1.807, 2.05) is 14.0 Å². The Bertz CT molecular complexity index is 36.6. The van der Waals surface area contributed by atoms with Gasteiger partial charge in [-0.2, -0.15) is 0 Å². The van der Waals surface area contributed by atoms with E-state index in [4.69, 9.17) is 10.8 Å². The summed E-state index contributed by atoms with van der Waals surface area (Å²) in [5.41, 5.74) is 5.17. The minimum absolute atomic E-state index is 0.319. The smallest absolute Gasteiger partial charge is 0.0428 e. The molecule has 10 heavy (non-hydrogen) atoms. The molecular formula is C7H20N2O. The van der Waals surface area contributed by atoms with Crippen molar-refractivity contribution in [2.45, 2.75) is 19.8 Å². The van der Waals surface area contributed by atoms with E-state index in [0.717, 1.165) is 25.9 Å². The molecule has 4 N–H and O–H groups in total. The predicted octanol–water partition coefficient (Wildman–Crippen LogP) is -0.0567. The number of hydrogen-bond donors (Lipinski definition) is 3. The first-order valence-electron chi connectivity index (χ1n) is 3.79. The normalized spacial score (nSPS) is 8.40. The number of aliphatic hydroxyl groups excluding tert-OH is 1. The van der Waals surface area contributed by atoms with Gasteiger partial charge < -0.3 is 16.2 Å². The van der Waals surface area contributed by atoms with Gasteiger partial charge >= 0.3 is 0 Å². The Hall–Kier alpha value is -0.120. The average Bonchev–Trinajstić information content (AvgIpc) is 2.01. The molecule has 0 bridgehead atoms. The van der Waals surface area contributed by atoms with Gasteiger partial charge in [-0.15, -0.1) is 0 Å². The summed E-state index contributed by atoms with van der Waals surface area (Å²) in [6.07, 6.45) is 1.95. The number of hydrogen-bond acceptors (Lipinski definition) is 3. The molecule has 0 spiro atoms. The minimum Gasteiger partial charge on any atom is -0.396 e. The number of nitrogens with two attached hydrogens (primary N) is 1. The first-order valence-corrected chi connectivity index (χ1v) is 3.79. The van der Waals surface area contributed by atoms with E-state index < -0.39 is 0 Å². The Balaban J connectivity index is 0. The first-order chi connectivity index (χ1) is 4.83. The molecule has 0 amide bonds. The van der Waals surface area contributed by atoms with Crippen LogP contribution in [0, 0.1) is 0 Å². The fourth-order valence-electron chi connectivity index (χ4n) is 0.279. The zero-order valence-electron chi connectivity index (χ0n) is 7.06. The topological polar surface area (TPSA) is 58.3 Å². The van der Waals surface area contributed by atoms with Crippen molar-refractivity contribution < 1.29 is 5.11 Å². The van der Waals surface area contributed by atoms with E-state index >= 15 is 0 Å². The predicted molar refractivity (Wildman–Crippen MR) is 45.0 cm³/mol. The third-order valence-corrected chi connectivity index (χ3v) is 0.855. The Labute approximate surface area is 63.6 Å². The van der Waals surface area contributed by atoms with E-state index in [9.17, 15) is 0 Å². The Morgan fingerprint density at radius 2 is 2.00 bits per heavy atom. The second-order valence-electron chi connectivity index (χ2n) is 1.97. The summed E-state index contributed by atoms with van der Waals surface area (Å²) in [4.78, 5) is 0. The molecule has 0 atom stereocenters. The van der Waals surface area contributed by atoms with Gasteiger partial charge in [0.2, 0.25) is 0 Å². The van der Waals surface area contributed by atoms with Crippen molar-refractivity contribution in [3.63, 3.8) is 0 Å². The van der Waals surface area contributed by atoms with Crippen LogP contribution in [0.3, 0.4) is 0 Å². The number of aliphatic hydroxyl groups is 1. The van der Waals surface area contributed by atoms with Gasteiger partial charge in [0.15, 0.2) is 0 Å². The van der Waals surface area contributed by atoms with Crippen molar-refractivity contribution in [3.8, 4) is 0 Å². The molecule has 0 radical (unpaired) electrons. The van der Waals surface area contributed by atoms with E-state index in [-0.39, 0.29) is 0 Å². The van der Waals surface area contributed by atoms with Crippen molar-refractivity contribution in [1.29, 1.82) is 0 Å². The summed E-state index contributed by atoms with van der Waals surface area (Å²) < 4.78 is 0. The van der Waals surface area contributed by atoms with E-state index in [1.165, 1.54) is 0 Å². The SMILES string of the molecule is CCCO.CNCCCN. The molecule has 0 saturated carbocycles. The number of rotatable bonds is 4. The van der Waals surface area contributed by atoms with Gasteiger partial charge in [-0.25, -0.2) is 0 Å². The second kappa shape index (κ2) is 15.9. The molecule has 3 nitrogen and oxygen atoms in total. The second-order valence-corrected chi connectivity index (χ2v) is 1.97. The summed E-state index contributed by atoms with van der Waals surface area (Å²) in [6, 6.07) is 0. The summed E-state index contributed by atoms with van der Waals surface area (Å²) in [6.45, 7) is 4.08. The van der Waals surface area contributed by atoms with Crippen LogP contribution in [0.1, 0.15) is 19.8 Å². The maximum Gasteiger partial charge on any atom is 0.0428 e. The lowest BCUT2D eigenvalue weighted by Crippen LogP contribution is -2.12. The lowest BCUT2D eigenvalue weighted by molar-refractivity contribution is 0.295. The van der Waals surface area contributed by atoms with Crippen LogP contribution < -0.4 is 11.1 Å². The highest BCUT2D eigenvalue weighted by molar-refractivity contribution is 4.38. The average molecular weight is 148 g/mol. The molecular weight excluding hydrogens is 128 g/mol. The summed E-state index contributed by atoms with van der Waals surface area (Å²) in [5, 5.41) is 10.9. The zero-order valence-corrected chi connectivity index (χ0v) is 7.06. The van der Waals surface area contributed by atoms with Crippen molar-refractivity contribution >= 4 is 0 Å². The quantitative estimate of drug-likeness (QED) is 0.490. The largest absolute Gasteiger partial charge is 0.396 e. The molecule has 0 rings (SSSR count). The van der Waals surface area contributed by atoms with Crippen LogP contribution in [0.25, 0.3) is 0 Å². The highest BCUT2D eigenvalue weighted by Crippen LogP contribution is 1.63. The zero-order chi connectivity index (χ0) is 8.24. The van der Waals surface area contributed by atoms with Gasteiger partial charge in [0.1, 0.15) is 0 Å². The minimum atomic E-state index is 0.319. The van der Waals surface area contributed by atoms with Crippen molar-refractivity contribution in [1.82, 2.24) is 5.32 Å². The van der Waals surface area contributed by atoms with E-state index in [1.54, 1.807) is 0 Å². The lowest BCUT2D eigenvalue weighted by Gasteiger charge is -1.90. The number of nitrogens with one attached hydrogen (secondary N) is 1. The summed E-state index contributed by atoms with van der Waals surface area (Å²) >= 11 is 0. The summed E-state index contributed by atoms with van der Waals surface area (Å²) in [5.74, 6) is 0. The van der Waals surface area contributed by atoms with Crippen LogP contribution in [0.4, 0.5) is 0 Å². The lowest BCUT2D eigenvalue weighted by atomic mass is 10.4. The molecule has 0 aliphatic carbocycles. The molecule has 0 aromatic heterocycles. The monoisotopic (exact) mass is 148 g/mol. The fraction of sp³-hybridized carbons (Fsp3) is 1.00. The Morgan fingerprint density at radius 1 is 1.50 bits per heavy atom. The summed E-state index contributed by atoms with van der Waals surface area (Å²) in [7, 11) is 1.93. The van der Waals surface area contributed by atoms with Crippen LogP contribution in [0.2, 0.25) is 0 Å².